The molecule has 238 valence electrons. The summed E-state index contributed by atoms with van der Waals surface area (Å²) in [5.74, 6) is 0.352. The highest BCUT2D eigenvalue weighted by atomic mass is 32.2. The van der Waals surface area contributed by atoms with Gasteiger partial charge in [-0.1, -0.05) is 44.8 Å². The van der Waals surface area contributed by atoms with Crippen molar-refractivity contribution in [2.24, 2.45) is 11.3 Å². The number of ether oxygens (including phenoxy) is 1. The lowest BCUT2D eigenvalue weighted by atomic mass is 10.0. The van der Waals surface area contributed by atoms with Crippen LogP contribution in [0.2, 0.25) is 19.6 Å². The number of nitrogens with zero attached hydrogens (tertiary/aromatic N) is 4. The quantitative estimate of drug-likeness (QED) is 0.270. The molecule has 2 aromatic heterocycles. The van der Waals surface area contributed by atoms with Crippen molar-refractivity contribution in [3.8, 4) is 11.7 Å². The molecule has 5 rings (SSSR count). The normalized spacial score (nSPS) is 21.7. The molecule has 14 heteroatoms. The molecule has 3 heterocycles. The second-order valence-electron chi connectivity index (χ2n) is 13.2. The Labute approximate surface area is 256 Å². The molecule has 1 aliphatic carbocycles. The zero-order chi connectivity index (χ0) is 32.1. The number of hydrogen-bond acceptors (Lipinski definition) is 7. The molecule has 1 saturated carbocycles. The van der Waals surface area contributed by atoms with Crippen molar-refractivity contribution in [2.45, 2.75) is 75.4 Å². The monoisotopic (exact) mass is 649 g/mol. The summed E-state index contributed by atoms with van der Waals surface area (Å²) in [7, 11) is -6.05. The Hall–Kier alpha value is -3.39. The summed E-state index contributed by atoms with van der Waals surface area (Å²) in [6.07, 6.45) is -1.69. The van der Waals surface area contributed by atoms with Crippen LogP contribution in [0.15, 0.2) is 59.6 Å². The number of pyridine rings is 1. The number of rotatable bonds is 10. The predicted octanol–water partition coefficient (Wildman–Crippen LogP) is 5.98. The third kappa shape index (κ3) is 6.10. The summed E-state index contributed by atoms with van der Waals surface area (Å²) >= 11 is 0. The topological polar surface area (TPSA) is 106 Å². The molecule has 1 aliphatic heterocycles. The molecule has 0 spiro atoms. The summed E-state index contributed by atoms with van der Waals surface area (Å²) in [4.78, 5) is 20.6. The second kappa shape index (κ2) is 11.2. The number of amides is 1. The molecule has 1 N–H and O–H groups in total. The van der Waals surface area contributed by atoms with Gasteiger partial charge in [0, 0.05) is 24.0 Å². The minimum atomic E-state index is -4.25. The van der Waals surface area contributed by atoms with Crippen LogP contribution in [0, 0.1) is 11.3 Å². The van der Waals surface area contributed by atoms with Crippen molar-refractivity contribution in [3.05, 3.63) is 60.3 Å². The SMILES string of the molecule is C[C@@H]1CN(c2nc(-n3ccc(OCCC4(C(F)(F)F)CC4)n3)ccc2C(=O)NS(=O)(=O)c2ccccc2)C(C)([Si](C)(C)C)C1. The number of anilines is 1. The lowest BCUT2D eigenvalue weighted by Crippen LogP contribution is -2.59. The Kier molecular flexibility index (Phi) is 8.15. The van der Waals surface area contributed by atoms with Crippen molar-refractivity contribution < 1.29 is 31.1 Å². The van der Waals surface area contributed by atoms with E-state index in [9.17, 15) is 26.4 Å². The molecule has 2 aliphatic rings. The van der Waals surface area contributed by atoms with E-state index in [1.165, 1.54) is 22.9 Å². The van der Waals surface area contributed by atoms with Gasteiger partial charge >= 0.3 is 6.18 Å². The van der Waals surface area contributed by atoms with Gasteiger partial charge < -0.3 is 9.64 Å². The number of halogens is 3. The highest BCUT2D eigenvalue weighted by Crippen LogP contribution is 2.59. The summed E-state index contributed by atoms with van der Waals surface area (Å²) in [6.45, 7) is 11.6. The van der Waals surface area contributed by atoms with E-state index in [-0.39, 0.29) is 47.4 Å². The van der Waals surface area contributed by atoms with E-state index in [4.69, 9.17) is 9.72 Å². The molecule has 0 radical (unpaired) electrons. The first-order valence-electron chi connectivity index (χ1n) is 14.6. The standard InChI is InChI=1S/C30H38F3N5O4SSi/c1-21-19-28(2,44(3,4)5)37(20-21)26-23(27(39)36-43(40,41)22-9-7-6-8-10-22)11-12-24(34-26)38-17-13-25(35-38)42-18-16-29(14-15-29)30(31,32)33/h6-13,17,21H,14-16,18-20H2,1-5H3,(H,36,39)/t21-,28?/m0/s1. The zero-order valence-electron chi connectivity index (χ0n) is 25.5. The van der Waals surface area contributed by atoms with E-state index in [2.05, 4.69) is 48.2 Å². The van der Waals surface area contributed by atoms with Gasteiger partial charge in [-0.2, -0.15) is 13.2 Å². The van der Waals surface area contributed by atoms with Gasteiger partial charge in [-0.3, -0.25) is 4.79 Å². The zero-order valence-corrected chi connectivity index (χ0v) is 27.3. The van der Waals surface area contributed by atoms with Crippen molar-refractivity contribution in [2.75, 3.05) is 18.1 Å². The van der Waals surface area contributed by atoms with Gasteiger partial charge in [-0.15, -0.1) is 5.10 Å². The first kappa shape index (κ1) is 32.0. The molecule has 1 aromatic carbocycles. The molecule has 0 bridgehead atoms. The molecule has 2 fully saturated rings. The summed E-state index contributed by atoms with van der Waals surface area (Å²) in [6, 6.07) is 12.3. The molecular weight excluding hydrogens is 612 g/mol. The molecule has 3 aromatic rings. The van der Waals surface area contributed by atoms with Crippen LogP contribution in [0.5, 0.6) is 5.88 Å². The van der Waals surface area contributed by atoms with Gasteiger partial charge in [0.1, 0.15) is 5.82 Å². The number of alkyl halides is 3. The van der Waals surface area contributed by atoms with Crippen LogP contribution in [0.4, 0.5) is 19.0 Å². The average Bonchev–Trinajstić information content (AvgIpc) is 3.48. The van der Waals surface area contributed by atoms with E-state index < -0.39 is 35.6 Å². The fourth-order valence-corrected chi connectivity index (χ4v) is 8.83. The maximum atomic E-state index is 13.6. The Morgan fingerprint density at radius 2 is 1.80 bits per heavy atom. The number of nitrogens with one attached hydrogen (secondary N) is 1. The molecule has 44 heavy (non-hydrogen) atoms. The summed E-state index contributed by atoms with van der Waals surface area (Å²) in [5, 5.41) is 4.08. The van der Waals surface area contributed by atoms with Crippen LogP contribution < -0.4 is 14.4 Å². The average molecular weight is 650 g/mol. The fourth-order valence-electron chi connectivity index (χ4n) is 5.87. The highest BCUT2D eigenvalue weighted by molar-refractivity contribution is 7.90. The number of carbonyl (C=O) groups excluding carboxylic acids is 1. The van der Waals surface area contributed by atoms with E-state index in [1.807, 2.05) is 0 Å². The third-order valence-electron chi connectivity index (χ3n) is 9.18. The maximum Gasteiger partial charge on any atom is 0.394 e. The Morgan fingerprint density at radius 3 is 2.41 bits per heavy atom. The first-order valence-corrected chi connectivity index (χ1v) is 19.6. The Balaban J connectivity index is 1.46. The van der Waals surface area contributed by atoms with Crippen molar-refractivity contribution >= 4 is 29.8 Å². The molecule has 9 nitrogen and oxygen atoms in total. The van der Waals surface area contributed by atoms with Crippen LogP contribution in [0.1, 0.15) is 49.9 Å². The smallest absolute Gasteiger partial charge is 0.394 e. The van der Waals surface area contributed by atoms with Gasteiger partial charge in [0.05, 0.1) is 30.6 Å². The van der Waals surface area contributed by atoms with Crippen LogP contribution in [-0.2, 0) is 10.0 Å². The van der Waals surface area contributed by atoms with Gasteiger partial charge in [-0.25, -0.2) is 22.8 Å². The van der Waals surface area contributed by atoms with Crippen molar-refractivity contribution in [3.63, 3.8) is 0 Å². The molecule has 1 amide bonds. The van der Waals surface area contributed by atoms with Gasteiger partial charge in [0.25, 0.3) is 15.9 Å². The van der Waals surface area contributed by atoms with Gasteiger partial charge in [0.15, 0.2) is 5.82 Å². The number of hydrogen-bond donors (Lipinski definition) is 1. The molecular formula is C30H38F3N5O4SSi. The van der Waals surface area contributed by atoms with Crippen LogP contribution >= 0.6 is 0 Å². The highest BCUT2D eigenvalue weighted by Gasteiger charge is 2.62. The van der Waals surface area contributed by atoms with Crippen molar-refractivity contribution in [1.82, 2.24) is 19.5 Å². The van der Waals surface area contributed by atoms with Crippen LogP contribution in [0.25, 0.3) is 5.82 Å². The van der Waals surface area contributed by atoms with E-state index in [1.54, 1.807) is 36.5 Å². The predicted molar refractivity (Wildman–Crippen MR) is 163 cm³/mol. The van der Waals surface area contributed by atoms with Gasteiger partial charge in [-0.05, 0) is 62.8 Å². The summed E-state index contributed by atoms with van der Waals surface area (Å²) in [5.41, 5.74) is -1.55. The van der Waals surface area contributed by atoms with E-state index in [0.29, 0.717) is 24.1 Å². The fraction of sp³-hybridized carbons (Fsp3) is 0.500. The second-order valence-corrected chi connectivity index (χ2v) is 20.5. The van der Waals surface area contributed by atoms with Crippen molar-refractivity contribution in [1.29, 1.82) is 0 Å². The molecule has 1 saturated heterocycles. The van der Waals surface area contributed by atoms with Crippen LogP contribution in [0.3, 0.4) is 0 Å². The Morgan fingerprint density at radius 1 is 1.11 bits per heavy atom. The van der Waals surface area contributed by atoms with Gasteiger partial charge in [0.2, 0.25) is 5.88 Å². The number of carbonyl (C=O) groups is 1. The number of benzene rings is 1. The largest absolute Gasteiger partial charge is 0.477 e. The van der Waals surface area contributed by atoms with E-state index >= 15 is 0 Å². The maximum absolute atomic E-state index is 13.6. The lowest BCUT2D eigenvalue weighted by Gasteiger charge is -2.45. The third-order valence-corrected chi connectivity index (χ3v) is 14.2. The lowest BCUT2D eigenvalue weighted by molar-refractivity contribution is -0.190. The minimum Gasteiger partial charge on any atom is -0.477 e. The minimum absolute atomic E-state index is 0.0341. The Bertz CT molecular complexity index is 1640. The number of aromatic nitrogens is 3. The number of sulfonamides is 1. The molecule has 2 atom stereocenters. The molecule has 1 unspecified atom stereocenters. The summed E-state index contributed by atoms with van der Waals surface area (Å²) < 4.78 is 75.1. The van der Waals surface area contributed by atoms with Crippen LogP contribution in [-0.4, -0.2) is 61.7 Å². The van der Waals surface area contributed by atoms with E-state index in [0.717, 1.165) is 6.42 Å². The first-order chi connectivity index (χ1) is 20.5.